The maximum atomic E-state index is 13.1. The van der Waals surface area contributed by atoms with Crippen molar-refractivity contribution < 1.29 is 18.0 Å². The minimum Gasteiger partial charge on any atom is -0.334 e. The molecule has 30 heavy (non-hydrogen) atoms. The predicted molar refractivity (Wildman–Crippen MR) is 116 cm³/mol. The Labute approximate surface area is 176 Å². The van der Waals surface area contributed by atoms with E-state index in [-0.39, 0.29) is 29.0 Å². The van der Waals surface area contributed by atoms with E-state index in [1.165, 1.54) is 19.1 Å². The zero-order valence-electron chi connectivity index (χ0n) is 17.4. The van der Waals surface area contributed by atoms with E-state index in [1.54, 1.807) is 29.1 Å². The summed E-state index contributed by atoms with van der Waals surface area (Å²) in [6, 6.07) is 15.0. The first-order valence-corrected chi connectivity index (χ1v) is 11.5. The molecule has 2 atom stereocenters. The molecule has 0 fully saturated rings. The molecule has 2 unspecified atom stereocenters. The van der Waals surface area contributed by atoms with Crippen LogP contribution in [0.1, 0.15) is 31.9 Å². The Bertz CT molecular complexity index is 1080. The largest absolute Gasteiger partial charge is 0.334 e. The average Bonchev–Trinajstić information content (AvgIpc) is 3.18. The molecule has 2 aromatic rings. The monoisotopic (exact) mass is 427 g/mol. The molecule has 0 saturated carbocycles. The second-order valence-corrected chi connectivity index (χ2v) is 9.51. The van der Waals surface area contributed by atoms with E-state index >= 15 is 0 Å². The molecule has 1 amide bonds. The standard InChI is InChI=1S/C22H25N3O4S/c1-15(17-10-12-19(13-11-17)30(4,28)29)24(3)22(27)20-14-21(16(2)26)25(23-20)18-8-6-5-7-9-18/h5-13,15,21H,14H2,1-4H3. The lowest BCUT2D eigenvalue weighted by atomic mass is 10.0. The summed E-state index contributed by atoms with van der Waals surface area (Å²) in [5, 5.41) is 6.07. The topological polar surface area (TPSA) is 87.1 Å². The van der Waals surface area contributed by atoms with Crippen molar-refractivity contribution in [3.05, 3.63) is 60.2 Å². The van der Waals surface area contributed by atoms with Crippen molar-refractivity contribution in [2.24, 2.45) is 5.10 Å². The van der Waals surface area contributed by atoms with Gasteiger partial charge in [0.15, 0.2) is 15.6 Å². The highest BCUT2D eigenvalue weighted by atomic mass is 32.2. The number of carbonyl (C=O) groups excluding carboxylic acids is 2. The van der Waals surface area contributed by atoms with E-state index < -0.39 is 15.9 Å². The van der Waals surface area contributed by atoms with Gasteiger partial charge >= 0.3 is 0 Å². The van der Waals surface area contributed by atoms with Crippen molar-refractivity contribution in [1.82, 2.24) is 4.90 Å². The van der Waals surface area contributed by atoms with Gasteiger partial charge in [0.05, 0.1) is 16.6 Å². The van der Waals surface area contributed by atoms with Gasteiger partial charge in [0.2, 0.25) is 0 Å². The molecule has 0 spiro atoms. The lowest BCUT2D eigenvalue weighted by Crippen LogP contribution is -2.36. The molecule has 0 bridgehead atoms. The summed E-state index contributed by atoms with van der Waals surface area (Å²) < 4.78 is 23.3. The number of para-hydroxylation sites is 1. The summed E-state index contributed by atoms with van der Waals surface area (Å²) in [4.78, 5) is 27.0. The van der Waals surface area contributed by atoms with Crippen LogP contribution in [0.2, 0.25) is 0 Å². The Morgan fingerprint density at radius 2 is 1.70 bits per heavy atom. The van der Waals surface area contributed by atoms with Crippen LogP contribution in [-0.2, 0) is 19.4 Å². The van der Waals surface area contributed by atoms with Crippen LogP contribution in [0.5, 0.6) is 0 Å². The Morgan fingerprint density at radius 3 is 2.23 bits per heavy atom. The maximum absolute atomic E-state index is 13.1. The van der Waals surface area contributed by atoms with Gasteiger partial charge in [-0.2, -0.15) is 5.10 Å². The van der Waals surface area contributed by atoms with Crippen molar-refractivity contribution in [2.45, 2.75) is 37.2 Å². The van der Waals surface area contributed by atoms with E-state index in [2.05, 4.69) is 5.10 Å². The Balaban J connectivity index is 1.82. The van der Waals surface area contributed by atoms with Crippen molar-refractivity contribution >= 4 is 32.9 Å². The van der Waals surface area contributed by atoms with Gasteiger partial charge in [0.1, 0.15) is 11.8 Å². The average molecular weight is 428 g/mol. The van der Waals surface area contributed by atoms with Gasteiger partial charge in [-0.3, -0.25) is 14.6 Å². The van der Waals surface area contributed by atoms with Crippen molar-refractivity contribution in [3.8, 4) is 0 Å². The minimum atomic E-state index is -3.28. The molecule has 0 radical (unpaired) electrons. The third-order valence-corrected chi connectivity index (χ3v) is 6.47. The van der Waals surface area contributed by atoms with Crippen LogP contribution in [0, 0.1) is 0 Å². The Morgan fingerprint density at radius 1 is 1.10 bits per heavy atom. The molecular formula is C22H25N3O4S. The van der Waals surface area contributed by atoms with Gasteiger partial charge in [-0.1, -0.05) is 30.3 Å². The number of benzene rings is 2. The molecule has 1 heterocycles. The Hall–Kier alpha value is -3.00. The molecule has 1 aliphatic heterocycles. The van der Waals surface area contributed by atoms with Crippen LogP contribution < -0.4 is 5.01 Å². The summed E-state index contributed by atoms with van der Waals surface area (Å²) in [6.07, 6.45) is 1.40. The van der Waals surface area contributed by atoms with Gasteiger partial charge in [-0.05, 0) is 43.7 Å². The zero-order chi connectivity index (χ0) is 22.1. The number of carbonyl (C=O) groups is 2. The quantitative estimate of drug-likeness (QED) is 0.707. The highest BCUT2D eigenvalue weighted by molar-refractivity contribution is 7.90. The van der Waals surface area contributed by atoms with Crippen LogP contribution in [0.4, 0.5) is 5.69 Å². The molecule has 0 saturated heterocycles. The lowest BCUT2D eigenvalue weighted by molar-refractivity contribution is -0.124. The first-order chi connectivity index (χ1) is 14.1. The van der Waals surface area contributed by atoms with E-state index in [0.717, 1.165) is 17.5 Å². The number of hydrogen-bond donors (Lipinski definition) is 0. The normalized spacial score (nSPS) is 17.4. The number of Topliss-reactive ketones (excluding diaryl/α,β-unsaturated/α-hetero) is 1. The molecule has 7 nitrogen and oxygen atoms in total. The number of nitrogens with zero attached hydrogens (tertiary/aromatic N) is 3. The zero-order valence-corrected chi connectivity index (χ0v) is 18.3. The second-order valence-electron chi connectivity index (χ2n) is 7.49. The number of anilines is 1. The SMILES string of the molecule is CC(=O)C1CC(C(=O)N(C)C(C)c2ccc(S(C)(=O)=O)cc2)=NN1c1ccccc1. The molecule has 158 valence electrons. The molecule has 0 aliphatic carbocycles. The highest BCUT2D eigenvalue weighted by Gasteiger charge is 2.36. The highest BCUT2D eigenvalue weighted by Crippen LogP contribution is 2.27. The molecule has 8 heteroatoms. The summed E-state index contributed by atoms with van der Waals surface area (Å²) in [5.41, 5.74) is 1.88. The van der Waals surface area contributed by atoms with E-state index in [0.29, 0.717) is 5.71 Å². The fraction of sp³-hybridized carbons (Fsp3) is 0.318. The van der Waals surface area contributed by atoms with Crippen molar-refractivity contribution in [2.75, 3.05) is 18.3 Å². The van der Waals surface area contributed by atoms with E-state index in [1.807, 2.05) is 37.3 Å². The van der Waals surface area contributed by atoms with Gasteiger partial charge in [0, 0.05) is 19.7 Å². The number of sulfone groups is 1. The molecule has 1 aliphatic rings. The van der Waals surface area contributed by atoms with Crippen molar-refractivity contribution in [1.29, 1.82) is 0 Å². The summed E-state index contributed by atoms with van der Waals surface area (Å²) >= 11 is 0. The minimum absolute atomic E-state index is 0.0579. The number of amides is 1. The fourth-order valence-electron chi connectivity index (χ4n) is 3.37. The third kappa shape index (κ3) is 4.43. The van der Waals surface area contributed by atoms with Crippen LogP contribution in [0.3, 0.4) is 0 Å². The first kappa shape index (κ1) is 21.7. The van der Waals surface area contributed by atoms with Crippen LogP contribution in [0.25, 0.3) is 0 Å². The second kappa shape index (κ2) is 8.39. The van der Waals surface area contributed by atoms with Crippen molar-refractivity contribution in [3.63, 3.8) is 0 Å². The Kier molecular flexibility index (Phi) is 6.07. The molecule has 0 aromatic heterocycles. The van der Waals surface area contributed by atoms with E-state index in [4.69, 9.17) is 0 Å². The smallest absolute Gasteiger partial charge is 0.270 e. The lowest BCUT2D eigenvalue weighted by Gasteiger charge is -2.25. The van der Waals surface area contributed by atoms with Crippen LogP contribution in [0.15, 0.2) is 64.6 Å². The number of rotatable bonds is 6. The van der Waals surface area contributed by atoms with Gasteiger partial charge in [0.25, 0.3) is 5.91 Å². The summed E-state index contributed by atoms with van der Waals surface area (Å²) in [5.74, 6) is -0.322. The summed E-state index contributed by atoms with van der Waals surface area (Å²) in [7, 11) is -1.60. The number of hydrazone groups is 1. The van der Waals surface area contributed by atoms with Crippen LogP contribution in [-0.4, -0.2) is 50.1 Å². The fourth-order valence-corrected chi connectivity index (χ4v) is 4.00. The van der Waals surface area contributed by atoms with Crippen LogP contribution >= 0.6 is 0 Å². The summed E-state index contributed by atoms with van der Waals surface area (Å²) in [6.45, 7) is 3.36. The predicted octanol–water partition coefficient (Wildman–Crippen LogP) is 2.83. The van der Waals surface area contributed by atoms with Gasteiger partial charge in [-0.25, -0.2) is 8.42 Å². The van der Waals surface area contributed by atoms with E-state index in [9.17, 15) is 18.0 Å². The molecule has 2 aromatic carbocycles. The van der Waals surface area contributed by atoms with Gasteiger partial charge in [-0.15, -0.1) is 0 Å². The number of hydrogen-bond acceptors (Lipinski definition) is 6. The van der Waals surface area contributed by atoms with Gasteiger partial charge < -0.3 is 4.90 Å². The first-order valence-electron chi connectivity index (χ1n) is 9.59. The number of ketones is 1. The molecular weight excluding hydrogens is 402 g/mol. The molecule has 0 N–H and O–H groups in total. The third-order valence-electron chi connectivity index (χ3n) is 5.34. The molecule has 3 rings (SSSR count). The maximum Gasteiger partial charge on any atom is 0.270 e.